The maximum Gasteiger partial charge on any atom is 0.303 e. The zero-order valence-electron chi connectivity index (χ0n) is 9.72. The van der Waals surface area contributed by atoms with E-state index in [4.69, 9.17) is 4.74 Å². The van der Waals surface area contributed by atoms with E-state index in [9.17, 15) is 9.59 Å². The van der Waals surface area contributed by atoms with E-state index in [1.165, 1.54) is 17.5 Å². The van der Waals surface area contributed by atoms with Crippen LogP contribution in [0.15, 0.2) is 10.9 Å². The van der Waals surface area contributed by atoms with Gasteiger partial charge in [0, 0.05) is 18.7 Å². The van der Waals surface area contributed by atoms with Gasteiger partial charge in [0.15, 0.2) is 11.9 Å². The van der Waals surface area contributed by atoms with Crippen molar-refractivity contribution in [2.75, 3.05) is 0 Å². The van der Waals surface area contributed by atoms with Crippen molar-refractivity contribution < 1.29 is 9.53 Å². The largest absolute Gasteiger partial charge is 0.455 e. The van der Waals surface area contributed by atoms with Crippen LogP contribution in [0.1, 0.15) is 31.5 Å². The number of carbonyl (C=O) groups excluding carboxylic acids is 1. The SMILES string of the molecule is CC(=O)OC(C)c1nc2nc(C)cc(=O)n2[nH]1. The van der Waals surface area contributed by atoms with Crippen molar-refractivity contribution in [2.24, 2.45) is 0 Å². The van der Waals surface area contributed by atoms with Crippen LogP contribution in [0.2, 0.25) is 0 Å². The predicted octanol–water partition coefficient (Wildman–Crippen LogP) is 0.350. The fourth-order valence-corrected chi connectivity index (χ4v) is 1.50. The maximum atomic E-state index is 11.6. The van der Waals surface area contributed by atoms with Crippen molar-refractivity contribution in [3.63, 3.8) is 0 Å². The molecule has 0 aromatic carbocycles. The number of H-pyrrole nitrogens is 1. The first-order chi connectivity index (χ1) is 7.97. The minimum absolute atomic E-state index is 0.249. The van der Waals surface area contributed by atoms with E-state index in [0.29, 0.717) is 11.5 Å². The highest BCUT2D eigenvalue weighted by atomic mass is 16.5. The topological polar surface area (TPSA) is 89.3 Å². The second-order valence-corrected chi connectivity index (χ2v) is 3.73. The third kappa shape index (κ3) is 2.17. The van der Waals surface area contributed by atoms with Crippen LogP contribution in [0.4, 0.5) is 0 Å². The number of carbonyl (C=O) groups is 1. The van der Waals surface area contributed by atoms with Gasteiger partial charge in [-0.15, -0.1) is 0 Å². The average molecular weight is 236 g/mol. The number of hydrogen-bond acceptors (Lipinski definition) is 5. The summed E-state index contributed by atoms with van der Waals surface area (Å²) < 4.78 is 6.17. The van der Waals surface area contributed by atoms with E-state index in [1.54, 1.807) is 13.8 Å². The highest BCUT2D eigenvalue weighted by Crippen LogP contribution is 2.12. The van der Waals surface area contributed by atoms with Crippen molar-refractivity contribution in [2.45, 2.75) is 26.9 Å². The molecule has 2 rings (SSSR count). The minimum atomic E-state index is -0.547. The first-order valence-electron chi connectivity index (χ1n) is 5.11. The van der Waals surface area contributed by atoms with Crippen LogP contribution in [-0.2, 0) is 9.53 Å². The van der Waals surface area contributed by atoms with Gasteiger partial charge in [-0.3, -0.25) is 14.7 Å². The van der Waals surface area contributed by atoms with Crippen LogP contribution in [0.5, 0.6) is 0 Å². The number of nitrogens with zero attached hydrogens (tertiary/aromatic N) is 3. The summed E-state index contributed by atoms with van der Waals surface area (Å²) in [5, 5.41) is 2.75. The number of aromatic nitrogens is 4. The molecule has 2 heterocycles. The van der Waals surface area contributed by atoms with Crippen LogP contribution in [0.3, 0.4) is 0 Å². The minimum Gasteiger partial charge on any atom is -0.455 e. The van der Waals surface area contributed by atoms with Gasteiger partial charge in [-0.2, -0.15) is 9.50 Å². The number of rotatable bonds is 2. The molecule has 0 fully saturated rings. The van der Waals surface area contributed by atoms with Crippen molar-refractivity contribution >= 4 is 11.7 Å². The lowest BCUT2D eigenvalue weighted by molar-refractivity contribution is -0.146. The fraction of sp³-hybridized carbons (Fsp3) is 0.400. The number of fused-ring (bicyclic) bond motifs is 1. The molecule has 7 nitrogen and oxygen atoms in total. The van der Waals surface area contributed by atoms with Crippen LogP contribution >= 0.6 is 0 Å². The molecule has 0 aliphatic rings. The Morgan fingerprint density at radius 3 is 2.88 bits per heavy atom. The number of aromatic amines is 1. The van der Waals surface area contributed by atoms with Gasteiger partial charge in [0.05, 0.1) is 0 Å². The smallest absolute Gasteiger partial charge is 0.303 e. The average Bonchev–Trinajstić information content (AvgIpc) is 2.60. The van der Waals surface area contributed by atoms with E-state index in [0.717, 1.165) is 0 Å². The molecule has 0 radical (unpaired) electrons. The van der Waals surface area contributed by atoms with E-state index < -0.39 is 12.1 Å². The number of aryl methyl sites for hydroxylation is 1. The Bertz CT molecular complexity index is 628. The highest BCUT2D eigenvalue weighted by Gasteiger charge is 2.14. The molecule has 1 N–H and O–H groups in total. The first-order valence-corrected chi connectivity index (χ1v) is 5.11. The third-order valence-corrected chi connectivity index (χ3v) is 2.20. The number of ether oxygens (including phenoxy) is 1. The standard InChI is InChI=1S/C10H12N4O3/c1-5-4-8(16)14-10(11-5)12-9(13-14)6(2)17-7(3)15/h4,6H,1-3H3,(H,11,12,13). The number of nitrogens with one attached hydrogen (secondary N) is 1. The van der Waals surface area contributed by atoms with Gasteiger partial charge < -0.3 is 4.74 Å². The lowest BCUT2D eigenvalue weighted by atomic mass is 10.4. The molecule has 0 aliphatic heterocycles. The summed E-state index contributed by atoms with van der Waals surface area (Å²) in [6, 6.07) is 1.39. The molecule has 0 bridgehead atoms. The Labute approximate surface area is 96.4 Å². The molecule has 0 spiro atoms. The molecule has 0 amide bonds. The second kappa shape index (κ2) is 4.00. The summed E-state index contributed by atoms with van der Waals surface area (Å²) >= 11 is 0. The Balaban J connectivity index is 2.48. The maximum absolute atomic E-state index is 11.6. The summed E-state index contributed by atoms with van der Waals surface area (Å²) in [5.74, 6) is 0.244. The summed E-state index contributed by atoms with van der Waals surface area (Å²) in [6.07, 6.45) is -0.547. The lowest BCUT2D eigenvalue weighted by Gasteiger charge is -2.06. The Kier molecular flexibility index (Phi) is 2.66. The molecule has 7 heteroatoms. The van der Waals surface area contributed by atoms with Crippen LogP contribution < -0.4 is 5.56 Å². The van der Waals surface area contributed by atoms with Gasteiger partial charge in [0.1, 0.15) is 0 Å². The van der Waals surface area contributed by atoms with Crippen molar-refractivity contribution in [3.8, 4) is 0 Å². The van der Waals surface area contributed by atoms with Gasteiger partial charge in [-0.1, -0.05) is 0 Å². The normalized spacial score (nSPS) is 12.6. The van der Waals surface area contributed by atoms with Crippen LogP contribution in [0, 0.1) is 6.92 Å². The Morgan fingerprint density at radius 1 is 1.53 bits per heavy atom. The van der Waals surface area contributed by atoms with Crippen molar-refractivity contribution in [3.05, 3.63) is 27.9 Å². The molecule has 1 atom stereocenters. The van der Waals surface area contributed by atoms with Gasteiger partial charge in [-0.25, -0.2) is 4.98 Å². The first kappa shape index (κ1) is 11.3. The van der Waals surface area contributed by atoms with Crippen molar-refractivity contribution in [1.29, 1.82) is 0 Å². The zero-order valence-corrected chi connectivity index (χ0v) is 9.72. The highest BCUT2D eigenvalue weighted by molar-refractivity contribution is 5.66. The second-order valence-electron chi connectivity index (χ2n) is 3.73. The van der Waals surface area contributed by atoms with Crippen LogP contribution in [-0.4, -0.2) is 25.6 Å². The molecule has 2 aromatic rings. The fourth-order valence-electron chi connectivity index (χ4n) is 1.50. The van der Waals surface area contributed by atoms with Gasteiger partial charge in [-0.05, 0) is 13.8 Å². The monoisotopic (exact) mass is 236 g/mol. The molecule has 2 aromatic heterocycles. The Hall–Kier alpha value is -2.18. The van der Waals surface area contributed by atoms with Gasteiger partial charge in [0.2, 0.25) is 0 Å². The Morgan fingerprint density at radius 2 is 2.24 bits per heavy atom. The van der Waals surface area contributed by atoms with E-state index in [1.807, 2.05) is 0 Å². The summed E-state index contributed by atoms with van der Waals surface area (Å²) in [7, 11) is 0. The molecule has 0 aliphatic carbocycles. The van der Waals surface area contributed by atoms with Crippen LogP contribution in [0.25, 0.3) is 5.78 Å². The molecular formula is C10H12N4O3. The van der Waals surface area contributed by atoms with Gasteiger partial charge in [0.25, 0.3) is 11.3 Å². The number of esters is 1. The third-order valence-electron chi connectivity index (χ3n) is 2.20. The van der Waals surface area contributed by atoms with E-state index in [2.05, 4.69) is 15.1 Å². The quantitative estimate of drug-likeness (QED) is 0.760. The molecule has 90 valence electrons. The summed E-state index contributed by atoms with van der Waals surface area (Å²) in [4.78, 5) is 30.6. The van der Waals surface area contributed by atoms with Crippen molar-refractivity contribution in [1.82, 2.24) is 19.6 Å². The molecule has 1 unspecified atom stereocenters. The molecule has 17 heavy (non-hydrogen) atoms. The van der Waals surface area contributed by atoms with E-state index in [-0.39, 0.29) is 11.3 Å². The predicted molar refractivity (Wildman–Crippen MR) is 58.5 cm³/mol. The zero-order chi connectivity index (χ0) is 12.6. The molecule has 0 saturated carbocycles. The number of hydrogen-bond donors (Lipinski definition) is 1. The summed E-state index contributed by atoms with van der Waals surface area (Å²) in [6.45, 7) is 4.69. The summed E-state index contributed by atoms with van der Waals surface area (Å²) in [5.41, 5.74) is 0.342. The molecular weight excluding hydrogens is 224 g/mol. The lowest BCUT2D eigenvalue weighted by Crippen LogP contribution is -2.15. The molecule has 0 saturated heterocycles. The van der Waals surface area contributed by atoms with E-state index >= 15 is 0 Å². The van der Waals surface area contributed by atoms with Gasteiger partial charge >= 0.3 is 5.97 Å².